The second-order valence-corrected chi connectivity index (χ2v) is 9.22. The van der Waals surface area contributed by atoms with Crippen molar-refractivity contribution in [3.63, 3.8) is 0 Å². The maximum absolute atomic E-state index is 12.8. The molecular weight excluding hydrogens is 442 g/mol. The van der Waals surface area contributed by atoms with Gasteiger partial charge < -0.3 is 20.1 Å². The third kappa shape index (κ3) is 5.27. The van der Waals surface area contributed by atoms with Gasteiger partial charge in [0, 0.05) is 24.1 Å². The summed E-state index contributed by atoms with van der Waals surface area (Å²) in [6.45, 7) is 0.820. The van der Waals surface area contributed by atoms with Crippen LogP contribution in [0.5, 0.6) is 11.5 Å². The number of benzene rings is 3. The molecule has 172 valence electrons. The summed E-state index contributed by atoms with van der Waals surface area (Å²) in [5.41, 5.74) is 3.04. The van der Waals surface area contributed by atoms with Crippen molar-refractivity contribution >= 4 is 21.6 Å². The van der Waals surface area contributed by atoms with E-state index in [1.807, 2.05) is 30.3 Å². The molecule has 0 spiro atoms. The lowest BCUT2D eigenvalue weighted by Crippen LogP contribution is -2.25. The quantitative estimate of drug-likeness (QED) is 0.491. The Kier molecular flexibility index (Phi) is 6.52. The minimum Gasteiger partial charge on any atom is -0.495 e. The number of anilines is 1. The number of carbonyl (C=O) groups excluding carboxylic acids is 1. The third-order valence-electron chi connectivity index (χ3n) is 5.45. The molecule has 3 aromatic carbocycles. The molecule has 33 heavy (non-hydrogen) atoms. The number of para-hydroxylation sites is 2. The van der Waals surface area contributed by atoms with E-state index in [-0.39, 0.29) is 23.4 Å². The lowest BCUT2D eigenvalue weighted by molar-refractivity contribution is 0.0950. The zero-order valence-electron chi connectivity index (χ0n) is 18.1. The molecule has 1 amide bonds. The van der Waals surface area contributed by atoms with Crippen molar-refractivity contribution < 1.29 is 22.7 Å². The first kappa shape index (κ1) is 22.6. The van der Waals surface area contributed by atoms with E-state index >= 15 is 0 Å². The van der Waals surface area contributed by atoms with Gasteiger partial charge in [-0.2, -0.15) is 0 Å². The molecule has 1 aliphatic rings. The summed E-state index contributed by atoms with van der Waals surface area (Å²) in [7, 11) is -2.12. The first-order valence-corrected chi connectivity index (χ1v) is 12.0. The van der Waals surface area contributed by atoms with E-state index in [0.29, 0.717) is 12.2 Å². The van der Waals surface area contributed by atoms with Crippen LogP contribution in [0.3, 0.4) is 0 Å². The van der Waals surface area contributed by atoms with Gasteiger partial charge in [0.25, 0.3) is 5.91 Å². The molecular formula is C24H25N3O5S. The van der Waals surface area contributed by atoms with Crippen molar-refractivity contribution in [2.24, 2.45) is 5.14 Å². The van der Waals surface area contributed by atoms with Crippen LogP contribution < -0.4 is 25.2 Å². The van der Waals surface area contributed by atoms with Gasteiger partial charge in [0.15, 0.2) is 0 Å². The number of rotatable bonds is 7. The van der Waals surface area contributed by atoms with Gasteiger partial charge in [-0.15, -0.1) is 0 Å². The summed E-state index contributed by atoms with van der Waals surface area (Å²) in [4.78, 5) is 12.8. The van der Waals surface area contributed by atoms with Crippen LogP contribution in [0.25, 0.3) is 0 Å². The summed E-state index contributed by atoms with van der Waals surface area (Å²) in [6.07, 6.45) is 0.743. The summed E-state index contributed by atoms with van der Waals surface area (Å²) < 4.78 is 34.0. The number of methoxy groups -OCH3 is 1. The number of amides is 1. The number of primary sulfonamides is 1. The van der Waals surface area contributed by atoms with Gasteiger partial charge in [0.2, 0.25) is 10.0 Å². The van der Waals surface area contributed by atoms with Crippen molar-refractivity contribution in [1.29, 1.82) is 0 Å². The first-order valence-electron chi connectivity index (χ1n) is 10.4. The molecule has 4 N–H and O–H groups in total. The van der Waals surface area contributed by atoms with Crippen molar-refractivity contribution in [2.45, 2.75) is 23.9 Å². The van der Waals surface area contributed by atoms with Gasteiger partial charge in [0.1, 0.15) is 11.5 Å². The Morgan fingerprint density at radius 1 is 1.12 bits per heavy atom. The molecule has 1 heterocycles. The van der Waals surface area contributed by atoms with Crippen LogP contribution in [-0.2, 0) is 16.6 Å². The fourth-order valence-electron chi connectivity index (χ4n) is 3.72. The normalized spacial score (nSPS) is 15.2. The van der Waals surface area contributed by atoms with Gasteiger partial charge in [0.05, 0.1) is 30.3 Å². The van der Waals surface area contributed by atoms with Gasteiger partial charge in [-0.1, -0.05) is 24.3 Å². The topological polar surface area (TPSA) is 120 Å². The highest BCUT2D eigenvalue weighted by Crippen LogP contribution is 2.37. The number of carbonyl (C=O) groups is 1. The molecule has 9 heteroatoms. The lowest BCUT2D eigenvalue weighted by Gasteiger charge is -2.28. The molecule has 3 aromatic rings. The van der Waals surface area contributed by atoms with Crippen molar-refractivity contribution in [1.82, 2.24) is 5.32 Å². The number of nitrogens with one attached hydrogen (secondary N) is 2. The summed E-state index contributed by atoms with van der Waals surface area (Å²) in [5, 5.41) is 11.5. The molecule has 0 radical (unpaired) electrons. The Morgan fingerprint density at radius 3 is 2.61 bits per heavy atom. The number of hydrogen-bond donors (Lipinski definition) is 3. The Labute approximate surface area is 192 Å². The Hall–Kier alpha value is -3.56. The highest BCUT2D eigenvalue weighted by molar-refractivity contribution is 7.89. The fourth-order valence-corrected chi connectivity index (χ4v) is 4.23. The minimum atomic E-state index is -3.75. The minimum absolute atomic E-state index is 0.0286. The zero-order chi connectivity index (χ0) is 23.4. The number of fused-ring (bicyclic) bond motifs is 1. The molecule has 0 fully saturated rings. The number of nitrogens with two attached hydrogens (primary N) is 1. The van der Waals surface area contributed by atoms with Crippen molar-refractivity contribution in [2.75, 3.05) is 19.0 Å². The molecule has 0 saturated heterocycles. The predicted octanol–water partition coefficient (Wildman–Crippen LogP) is 3.21. The summed E-state index contributed by atoms with van der Waals surface area (Å²) in [6, 6.07) is 19.1. The smallest absolute Gasteiger partial charge is 0.251 e. The monoisotopic (exact) mass is 467 g/mol. The van der Waals surface area contributed by atoms with Gasteiger partial charge in [-0.05, 0) is 48.0 Å². The van der Waals surface area contributed by atoms with E-state index in [2.05, 4.69) is 10.6 Å². The van der Waals surface area contributed by atoms with E-state index < -0.39 is 10.0 Å². The van der Waals surface area contributed by atoms with E-state index in [1.54, 1.807) is 31.4 Å². The lowest BCUT2D eigenvalue weighted by atomic mass is 9.97. The third-order valence-corrected chi connectivity index (χ3v) is 6.38. The Balaban J connectivity index is 1.48. The maximum Gasteiger partial charge on any atom is 0.251 e. The van der Waals surface area contributed by atoms with Crippen LogP contribution in [0.2, 0.25) is 0 Å². The van der Waals surface area contributed by atoms with Gasteiger partial charge in [-0.3, -0.25) is 4.79 Å². The maximum atomic E-state index is 12.8. The first-order chi connectivity index (χ1) is 15.8. The van der Waals surface area contributed by atoms with E-state index in [0.717, 1.165) is 34.7 Å². The molecule has 0 aliphatic carbocycles. The average Bonchev–Trinajstić information content (AvgIpc) is 2.82. The standard InChI is InChI=1S/C24H25N3O5S/c1-31-23-5-3-2-4-21(23)27-20-12-13-32-22-11-8-17(14-19(20)22)24(28)26-15-16-6-9-18(10-7-16)33(25,29)30/h2-11,14,20,27H,12-13,15H2,1H3,(H,26,28)(H2,25,29,30). The van der Waals surface area contributed by atoms with Crippen LogP contribution >= 0.6 is 0 Å². The Bertz CT molecular complexity index is 1260. The molecule has 1 aliphatic heterocycles. The van der Waals surface area contributed by atoms with Crippen LogP contribution in [0.4, 0.5) is 5.69 Å². The fraction of sp³-hybridized carbons (Fsp3) is 0.208. The van der Waals surface area contributed by atoms with E-state index in [4.69, 9.17) is 14.6 Å². The highest BCUT2D eigenvalue weighted by atomic mass is 32.2. The van der Waals surface area contributed by atoms with Crippen LogP contribution in [0, 0.1) is 0 Å². The second kappa shape index (κ2) is 9.51. The molecule has 1 atom stereocenters. The van der Waals surface area contributed by atoms with Crippen molar-refractivity contribution in [3.8, 4) is 11.5 Å². The summed E-state index contributed by atoms with van der Waals surface area (Å²) in [5.74, 6) is 1.24. The van der Waals surface area contributed by atoms with Gasteiger partial charge >= 0.3 is 0 Å². The zero-order valence-corrected chi connectivity index (χ0v) is 18.9. The molecule has 0 bridgehead atoms. The summed E-state index contributed by atoms with van der Waals surface area (Å²) >= 11 is 0. The molecule has 1 unspecified atom stereocenters. The number of ether oxygens (including phenoxy) is 2. The van der Waals surface area contributed by atoms with Crippen LogP contribution in [0.15, 0.2) is 71.6 Å². The van der Waals surface area contributed by atoms with E-state index in [9.17, 15) is 13.2 Å². The van der Waals surface area contributed by atoms with Gasteiger partial charge in [-0.25, -0.2) is 13.6 Å². The number of hydrogen-bond acceptors (Lipinski definition) is 6. The second-order valence-electron chi connectivity index (χ2n) is 7.66. The van der Waals surface area contributed by atoms with Crippen LogP contribution in [-0.4, -0.2) is 28.0 Å². The Morgan fingerprint density at radius 2 is 1.88 bits per heavy atom. The number of sulfonamides is 1. The molecule has 4 rings (SSSR count). The molecule has 8 nitrogen and oxygen atoms in total. The SMILES string of the molecule is COc1ccccc1NC1CCOc2ccc(C(=O)NCc3ccc(S(N)(=O)=O)cc3)cc21. The largest absolute Gasteiger partial charge is 0.495 e. The molecule has 0 saturated carbocycles. The molecule has 0 aromatic heterocycles. The van der Waals surface area contributed by atoms with Crippen molar-refractivity contribution in [3.05, 3.63) is 83.4 Å². The average molecular weight is 468 g/mol. The van der Waals surface area contributed by atoms with Crippen LogP contribution in [0.1, 0.15) is 33.9 Å². The van der Waals surface area contributed by atoms with E-state index in [1.165, 1.54) is 12.1 Å². The highest BCUT2D eigenvalue weighted by Gasteiger charge is 2.24. The predicted molar refractivity (Wildman–Crippen MR) is 125 cm³/mol.